The minimum atomic E-state index is -0.393. The van der Waals surface area contributed by atoms with Crippen LogP contribution in [-0.4, -0.2) is 35.6 Å². The first-order chi connectivity index (χ1) is 15.8. The molecule has 174 valence electrons. The fourth-order valence-corrected chi connectivity index (χ4v) is 3.70. The number of aromatic nitrogens is 1. The highest BCUT2D eigenvalue weighted by Crippen LogP contribution is 2.23. The van der Waals surface area contributed by atoms with Crippen LogP contribution in [0.15, 0.2) is 48.5 Å². The van der Waals surface area contributed by atoms with E-state index < -0.39 is 5.97 Å². The SMILES string of the molecule is CCOC(=O)c1[nH]c(C)c(CN(Cc2ccc(OC)cc2)C(=O)Nc2cccc(C)c2)c1C. The van der Waals surface area contributed by atoms with Gasteiger partial charge in [-0.05, 0) is 74.2 Å². The third-order valence-corrected chi connectivity index (χ3v) is 5.51. The largest absolute Gasteiger partial charge is 0.497 e. The molecule has 7 heteroatoms. The van der Waals surface area contributed by atoms with Gasteiger partial charge in [0.05, 0.1) is 13.7 Å². The van der Waals surface area contributed by atoms with Crippen LogP contribution in [0.4, 0.5) is 10.5 Å². The van der Waals surface area contributed by atoms with Crippen molar-refractivity contribution in [3.63, 3.8) is 0 Å². The summed E-state index contributed by atoms with van der Waals surface area (Å²) in [7, 11) is 1.62. The first-order valence-electron chi connectivity index (χ1n) is 10.9. The highest BCUT2D eigenvalue weighted by atomic mass is 16.5. The fourth-order valence-electron chi connectivity index (χ4n) is 3.70. The molecule has 0 atom stereocenters. The molecule has 2 N–H and O–H groups in total. The summed E-state index contributed by atoms with van der Waals surface area (Å²) in [6, 6.07) is 15.1. The summed E-state index contributed by atoms with van der Waals surface area (Å²) in [5.74, 6) is 0.362. The molecule has 0 unspecified atom stereocenters. The van der Waals surface area contributed by atoms with Gasteiger partial charge in [-0.25, -0.2) is 9.59 Å². The molecule has 0 saturated carbocycles. The molecule has 2 aromatic carbocycles. The number of aryl methyl sites for hydroxylation is 2. The number of carbonyl (C=O) groups is 2. The van der Waals surface area contributed by atoms with E-state index in [1.54, 1.807) is 18.9 Å². The molecular weight excluding hydrogens is 418 g/mol. The molecular formula is C26H31N3O4. The number of benzene rings is 2. The van der Waals surface area contributed by atoms with Crippen LogP contribution in [0.1, 0.15) is 45.4 Å². The molecule has 3 aromatic rings. The van der Waals surface area contributed by atoms with Gasteiger partial charge in [0.25, 0.3) is 0 Å². The molecule has 2 amide bonds. The average molecular weight is 450 g/mol. The molecule has 7 nitrogen and oxygen atoms in total. The number of H-pyrrole nitrogens is 1. The van der Waals surface area contributed by atoms with Crippen LogP contribution in [0.2, 0.25) is 0 Å². The first kappa shape index (κ1) is 23.9. The average Bonchev–Trinajstić information content (AvgIpc) is 3.07. The molecule has 3 rings (SSSR count). The van der Waals surface area contributed by atoms with Gasteiger partial charge in [0, 0.05) is 24.5 Å². The molecule has 33 heavy (non-hydrogen) atoms. The standard InChI is InChI=1S/C26H31N3O4/c1-6-33-25(30)24-18(3)23(19(4)27-24)16-29(15-20-10-12-22(32-5)13-11-20)26(31)28-21-9-7-8-17(2)14-21/h7-14,27H,6,15-16H2,1-5H3,(H,28,31). The lowest BCUT2D eigenvalue weighted by atomic mass is 10.1. The number of amides is 2. The number of anilines is 1. The second kappa shape index (κ2) is 10.7. The first-order valence-corrected chi connectivity index (χ1v) is 10.9. The molecule has 1 heterocycles. The van der Waals surface area contributed by atoms with Gasteiger partial charge >= 0.3 is 12.0 Å². The normalized spacial score (nSPS) is 10.6. The number of nitrogens with one attached hydrogen (secondary N) is 2. The Morgan fingerprint density at radius 1 is 1.03 bits per heavy atom. The summed E-state index contributed by atoms with van der Waals surface area (Å²) in [5, 5.41) is 3.00. The Bertz CT molecular complexity index is 1120. The summed E-state index contributed by atoms with van der Waals surface area (Å²) in [6.45, 7) is 8.54. The maximum Gasteiger partial charge on any atom is 0.355 e. The Hall–Kier alpha value is -3.74. The molecule has 0 saturated heterocycles. The Labute approximate surface area is 194 Å². The number of rotatable bonds is 8. The van der Waals surface area contributed by atoms with Crippen molar-refractivity contribution in [3.05, 3.63) is 82.2 Å². The predicted octanol–water partition coefficient (Wildman–Crippen LogP) is 5.36. The topological polar surface area (TPSA) is 83.7 Å². The van der Waals surface area contributed by atoms with E-state index in [-0.39, 0.29) is 6.03 Å². The predicted molar refractivity (Wildman–Crippen MR) is 129 cm³/mol. The third-order valence-electron chi connectivity index (χ3n) is 5.51. The van der Waals surface area contributed by atoms with Crippen LogP contribution < -0.4 is 10.1 Å². The second-order valence-corrected chi connectivity index (χ2v) is 7.95. The van der Waals surface area contributed by atoms with Gasteiger partial charge in [-0.15, -0.1) is 0 Å². The lowest BCUT2D eigenvalue weighted by Crippen LogP contribution is -2.34. The van der Waals surface area contributed by atoms with Crippen molar-refractivity contribution in [2.45, 2.75) is 40.8 Å². The van der Waals surface area contributed by atoms with E-state index >= 15 is 0 Å². The van der Waals surface area contributed by atoms with Crippen LogP contribution in [0.25, 0.3) is 0 Å². The van der Waals surface area contributed by atoms with Gasteiger partial charge in [-0.2, -0.15) is 0 Å². The van der Waals surface area contributed by atoms with Gasteiger partial charge in [0.2, 0.25) is 0 Å². The number of urea groups is 1. The smallest absolute Gasteiger partial charge is 0.355 e. The lowest BCUT2D eigenvalue weighted by molar-refractivity contribution is 0.0519. The number of hydrogen-bond donors (Lipinski definition) is 2. The van der Waals surface area contributed by atoms with E-state index in [1.165, 1.54) is 0 Å². The summed E-state index contributed by atoms with van der Waals surface area (Å²) >= 11 is 0. The van der Waals surface area contributed by atoms with Gasteiger partial charge in [-0.3, -0.25) is 0 Å². The maximum atomic E-state index is 13.3. The van der Waals surface area contributed by atoms with Crippen LogP contribution in [-0.2, 0) is 17.8 Å². The lowest BCUT2D eigenvalue weighted by Gasteiger charge is -2.24. The number of hydrogen-bond acceptors (Lipinski definition) is 4. The molecule has 0 radical (unpaired) electrons. The Morgan fingerprint density at radius 3 is 2.39 bits per heavy atom. The minimum absolute atomic E-state index is 0.228. The summed E-state index contributed by atoms with van der Waals surface area (Å²) in [5.41, 5.74) is 5.69. The van der Waals surface area contributed by atoms with Gasteiger partial charge in [-0.1, -0.05) is 24.3 Å². The van der Waals surface area contributed by atoms with Crippen molar-refractivity contribution in [1.82, 2.24) is 9.88 Å². The third kappa shape index (κ3) is 5.94. The van der Waals surface area contributed by atoms with E-state index in [9.17, 15) is 9.59 Å². The van der Waals surface area contributed by atoms with Gasteiger partial charge < -0.3 is 24.7 Å². The molecule has 0 fully saturated rings. The quantitative estimate of drug-likeness (QED) is 0.454. The molecule has 0 aliphatic carbocycles. The van der Waals surface area contributed by atoms with E-state index in [1.807, 2.05) is 69.3 Å². The van der Waals surface area contributed by atoms with Crippen LogP contribution in [0.3, 0.4) is 0 Å². The van der Waals surface area contributed by atoms with Gasteiger partial charge in [0.15, 0.2) is 0 Å². The minimum Gasteiger partial charge on any atom is -0.497 e. The van der Waals surface area contributed by atoms with Crippen molar-refractivity contribution >= 4 is 17.7 Å². The number of esters is 1. The molecule has 0 bridgehead atoms. The van der Waals surface area contributed by atoms with Crippen LogP contribution >= 0.6 is 0 Å². The highest BCUT2D eigenvalue weighted by molar-refractivity contribution is 5.91. The van der Waals surface area contributed by atoms with E-state index in [0.717, 1.165) is 39.4 Å². The number of nitrogens with zero attached hydrogens (tertiary/aromatic N) is 1. The maximum absolute atomic E-state index is 13.3. The Balaban J connectivity index is 1.89. The summed E-state index contributed by atoms with van der Waals surface area (Å²) in [4.78, 5) is 30.5. The van der Waals surface area contributed by atoms with Crippen molar-refractivity contribution in [3.8, 4) is 5.75 Å². The summed E-state index contributed by atoms with van der Waals surface area (Å²) in [6.07, 6.45) is 0. The summed E-state index contributed by atoms with van der Waals surface area (Å²) < 4.78 is 10.4. The van der Waals surface area contributed by atoms with Crippen molar-refractivity contribution < 1.29 is 19.1 Å². The zero-order valence-corrected chi connectivity index (χ0v) is 19.8. The number of methoxy groups -OCH3 is 1. The highest BCUT2D eigenvalue weighted by Gasteiger charge is 2.22. The van der Waals surface area contributed by atoms with Crippen molar-refractivity contribution in [2.24, 2.45) is 0 Å². The van der Waals surface area contributed by atoms with Gasteiger partial charge in [0.1, 0.15) is 11.4 Å². The zero-order chi connectivity index (χ0) is 24.0. The van der Waals surface area contributed by atoms with Crippen LogP contribution in [0.5, 0.6) is 5.75 Å². The molecule has 0 aliphatic heterocycles. The van der Waals surface area contributed by atoms with Crippen molar-refractivity contribution in [1.29, 1.82) is 0 Å². The Kier molecular flexibility index (Phi) is 7.77. The number of aromatic amines is 1. The molecule has 0 aliphatic rings. The number of carbonyl (C=O) groups excluding carboxylic acids is 2. The Morgan fingerprint density at radius 2 is 1.76 bits per heavy atom. The monoisotopic (exact) mass is 449 g/mol. The van der Waals surface area contributed by atoms with Crippen molar-refractivity contribution in [2.75, 3.05) is 19.0 Å². The number of ether oxygens (including phenoxy) is 2. The molecule has 0 spiro atoms. The zero-order valence-electron chi connectivity index (χ0n) is 19.8. The van der Waals surface area contributed by atoms with E-state index in [0.29, 0.717) is 25.4 Å². The van der Waals surface area contributed by atoms with E-state index in [4.69, 9.17) is 9.47 Å². The second-order valence-electron chi connectivity index (χ2n) is 7.95. The van der Waals surface area contributed by atoms with Crippen LogP contribution in [0, 0.1) is 20.8 Å². The molecule has 1 aromatic heterocycles. The fraction of sp³-hybridized carbons (Fsp3) is 0.308. The van der Waals surface area contributed by atoms with E-state index in [2.05, 4.69) is 10.3 Å².